The fraction of sp³-hybridized carbons (Fsp3) is 0.818. The number of aromatic nitrogens is 2. The zero-order chi connectivity index (χ0) is 11.5. The third-order valence-corrected chi connectivity index (χ3v) is 2.88. The lowest BCUT2D eigenvalue weighted by Gasteiger charge is -2.03. The van der Waals surface area contributed by atoms with Crippen molar-refractivity contribution in [2.75, 3.05) is 5.32 Å². The maximum Gasteiger partial charge on any atom is 0.315 e. The summed E-state index contributed by atoms with van der Waals surface area (Å²) in [6, 6.07) is 1.52. The van der Waals surface area contributed by atoms with Crippen molar-refractivity contribution in [1.82, 2.24) is 15.5 Å². The van der Waals surface area contributed by atoms with Crippen LogP contribution in [-0.2, 0) is 6.54 Å². The minimum atomic E-state index is 0.427. The summed E-state index contributed by atoms with van der Waals surface area (Å²) in [5, 5.41) is 14.5. The lowest BCUT2D eigenvalue weighted by molar-refractivity contribution is 0.458. The van der Waals surface area contributed by atoms with Gasteiger partial charge in [-0.2, -0.15) is 0 Å². The lowest BCUT2D eigenvalue weighted by atomic mass is 10.3. The van der Waals surface area contributed by atoms with E-state index >= 15 is 0 Å². The molecule has 1 fully saturated rings. The molecule has 16 heavy (non-hydrogen) atoms. The van der Waals surface area contributed by atoms with Gasteiger partial charge >= 0.3 is 6.01 Å². The van der Waals surface area contributed by atoms with E-state index in [-0.39, 0.29) is 0 Å². The van der Waals surface area contributed by atoms with Gasteiger partial charge in [0.1, 0.15) is 0 Å². The molecule has 0 spiro atoms. The Bertz CT molecular complexity index is 336. The van der Waals surface area contributed by atoms with Gasteiger partial charge in [-0.05, 0) is 12.3 Å². The average molecular weight is 224 g/mol. The van der Waals surface area contributed by atoms with Crippen LogP contribution in [0, 0.1) is 5.92 Å². The molecule has 2 unspecified atom stereocenters. The van der Waals surface area contributed by atoms with Crippen LogP contribution in [-0.4, -0.2) is 22.3 Å². The summed E-state index contributed by atoms with van der Waals surface area (Å²) in [6.07, 6.45) is 2.44. The largest absolute Gasteiger partial charge is 0.407 e. The van der Waals surface area contributed by atoms with Gasteiger partial charge in [-0.3, -0.25) is 0 Å². The normalized spacial score (nSPS) is 23.8. The van der Waals surface area contributed by atoms with E-state index in [0.29, 0.717) is 30.5 Å². The van der Waals surface area contributed by atoms with Gasteiger partial charge in [0.05, 0.1) is 6.54 Å². The summed E-state index contributed by atoms with van der Waals surface area (Å²) in [5.41, 5.74) is 0. The first-order valence-electron chi connectivity index (χ1n) is 6.01. The summed E-state index contributed by atoms with van der Waals surface area (Å²) in [4.78, 5) is 0. The maximum absolute atomic E-state index is 5.48. The first-order chi connectivity index (χ1) is 7.69. The van der Waals surface area contributed by atoms with Crippen LogP contribution in [0.1, 0.15) is 39.5 Å². The van der Waals surface area contributed by atoms with Gasteiger partial charge in [-0.15, -0.1) is 5.10 Å². The van der Waals surface area contributed by atoms with Crippen LogP contribution < -0.4 is 10.6 Å². The van der Waals surface area contributed by atoms with Crippen LogP contribution in [0.25, 0.3) is 0 Å². The Morgan fingerprint density at radius 1 is 1.44 bits per heavy atom. The van der Waals surface area contributed by atoms with E-state index in [1.165, 1.54) is 12.8 Å². The highest BCUT2D eigenvalue weighted by molar-refractivity contribution is 5.24. The molecule has 1 heterocycles. The molecule has 1 aliphatic rings. The van der Waals surface area contributed by atoms with Crippen LogP contribution in [0.3, 0.4) is 0 Å². The Labute approximate surface area is 96.0 Å². The monoisotopic (exact) mass is 224 g/mol. The van der Waals surface area contributed by atoms with Crippen molar-refractivity contribution in [3.05, 3.63) is 5.89 Å². The van der Waals surface area contributed by atoms with E-state index in [4.69, 9.17) is 4.42 Å². The zero-order valence-electron chi connectivity index (χ0n) is 10.2. The molecule has 1 aromatic heterocycles. The van der Waals surface area contributed by atoms with Crippen molar-refractivity contribution in [3.8, 4) is 0 Å². The molecule has 90 valence electrons. The summed E-state index contributed by atoms with van der Waals surface area (Å²) in [7, 11) is 0. The molecule has 5 nitrogen and oxygen atoms in total. The van der Waals surface area contributed by atoms with E-state index in [1.54, 1.807) is 0 Å². The highest BCUT2D eigenvalue weighted by Crippen LogP contribution is 2.35. The molecule has 0 bridgehead atoms. The highest BCUT2D eigenvalue weighted by Gasteiger charge is 2.36. The fourth-order valence-corrected chi connectivity index (χ4v) is 1.71. The van der Waals surface area contributed by atoms with Crippen LogP contribution in [0.5, 0.6) is 0 Å². The SMILES string of the molecule is CCC1CC1Nc1nnc(CNC(C)C)o1. The van der Waals surface area contributed by atoms with Crippen LogP contribution in [0.2, 0.25) is 0 Å². The number of hydrogen-bond acceptors (Lipinski definition) is 5. The Balaban J connectivity index is 1.78. The molecular formula is C11H20N4O. The molecule has 2 N–H and O–H groups in total. The molecule has 0 amide bonds. The summed E-state index contributed by atoms with van der Waals surface area (Å²) < 4.78 is 5.48. The lowest BCUT2D eigenvalue weighted by Crippen LogP contribution is -2.21. The Morgan fingerprint density at radius 2 is 2.25 bits per heavy atom. The molecule has 5 heteroatoms. The van der Waals surface area contributed by atoms with Gasteiger partial charge in [-0.25, -0.2) is 0 Å². The van der Waals surface area contributed by atoms with Gasteiger partial charge < -0.3 is 15.1 Å². The van der Waals surface area contributed by atoms with Crippen molar-refractivity contribution >= 4 is 6.01 Å². The van der Waals surface area contributed by atoms with Gasteiger partial charge in [0.15, 0.2) is 0 Å². The van der Waals surface area contributed by atoms with Crippen LogP contribution in [0.4, 0.5) is 6.01 Å². The number of nitrogens with zero attached hydrogens (tertiary/aromatic N) is 2. The Hall–Kier alpha value is -1.10. The quantitative estimate of drug-likeness (QED) is 0.771. The Morgan fingerprint density at radius 3 is 2.88 bits per heavy atom. The predicted octanol–water partition coefficient (Wildman–Crippen LogP) is 1.78. The van der Waals surface area contributed by atoms with E-state index in [1.807, 2.05) is 0 Å². The molecule has 2 atom stereocenters. The molecular weight excluding hydrogens is 204 g/mol. The van der Waals surface area contributed by atoms with Gasteiger partial charge in [0, 0.05) is 12.1 Å². The second-order valence-electron chi connectivity index (χ2n) is 4.69. The van der Waals surface area contributed by atoms with Crippen LogP contribution in [0.15, 0.2) is 4.42 Å². The van der Waals surface area contributed by atoms with Gasteiger partial charge in [-0.1, -0.05) is 32.3 Å². The molecule has 1 aliphatic carbocycles. The summed E-state index contributed by atoms with van der Waals surface area (Å²) >= 11 is 0. The van der Waals surface area contributed by atoms with Crippen molar-refractivity contribution in [3.63, 3.8) is 0 Å². The number of nitrogens with one attached hydrogen (secondary N) is 2. The molecule has 2 rings (SSSR count). The van der Waals surface area contributed by atoms with E-state index in [2.05, 4.69) is 41.6 Å². The van der Waals surface area contributed by atoms with Crippen molar-refractivity contribution in [2.45, 2.75) is 52.2 Å². The molecule has 0 radical (unpaired) electrons. The van der Waals surface area contributed by atoms with Crippen LogP contribution >= 0.6 is 0 Å². The second kappa shape index (κ2) is 4.82. The number of hydrogen-bond donors (Lipinski definition) is 2. The highest BCUT2D eigenvalue weighted by atomic mass is 16.4. The average Bonchev–Trinajstić information content (AvgIpc) is 2.84. The molecule has 0 aromatic carbocycles. The molecule has 1 saturated carbocycles. The van der Waals surface area contributed by atoms with Gasteiger partial charge in [0.2, 0.25) is 5.89 Å². The predicted molar refractivity (Wildman–Crippen MR) is 62.1 cm³/mol. The van der Waals surface area contributed by atoms with E-state index < -0.39 is 0 Å². The number of anilines is 1. The Kier molecular flexibility index (Phi) is 3.43. The molecule has 1 aromatic rings. The van der Waals surface area contributed by atoms with Crippen molar-refractivity contribution < 1.29 is 4.42 Å². The van der Waals surface area contributed by atoms with Crippen molar-refractivity contribution in [2.24, 2.45) is 5.92 Å². The molecule has 0 saturated heterocycles. The smallest absolute Gasteiger partial charge is 0.315 e. The van der Waals surface area contributed by atoms with Gasteiger partial charge in [0.25, 0.3) is 0 Å². The first-order valence-corrected chi connectivity index (χ1v) is 6.01. The summed E-state index contributed by atoms with van der Waals surface area (Å²) in [6.45, 7) is 7.02. The van der Waals surface area contributed by atoms with Crippen molar-refractivity contribution in [1.29, 1.82) is 0 Å². The minimum Gasteiger partial charge on any atom is -0.407 e. The second-order valence-corrected chi connectivity index (χ2v) is 4.69. The fourth-order valence-electron chi connectivity index (χ4n) is 1.71. The maximum atomic E-state index is 5.48. The minimum absolute atomic E-state index is 0.427. The third kappa shape index (κ3) is 2.95. The van der Waals surface area contributed by atoms with E-state index in [9.17, 15) is 0 Å². The summed E-state index contributed by atoms with van der Waals surface area (Å²) in [5.74, 6) is 1.43. The third-order valence-electron chi connectivity index (χ3n) is 2.88. The number of rotatable bonds is 6. The van der Waals surface area contributed by atoms with E-state index in [0.717, 1.165) is 5.92 Å². The standard InChI is InChI=1S/C11H20N4O/c1-4-8-5-9(8)13-11-15-14-10(16-11)6-12-7(2)3/h7-9,12H,4-6H2,1-3H3,(H,13,15). The zero-order valence-corrected chi connectivity index (χ0v) is 10.2. The first kappa shape index (κ1) is 11.4. The topological polar surface area (TPSA) is 63.0 Å². The molecule has 0 aliphatic heterocycles.